The van der Waals surface area contributed by atoms with Crippen LogP contribution in [0, 0.1) is 94.7 Å². The zero-order valence-corrected chi connectivity index (χ0v) is 78.2. The van der Waals surface area contributed by atoms with Crippen LogP contribution in [0.4, 0.5) is 0 Å². The van der Waals surface area contributed by atoms with Crippen molar-refractivity contribution in [3.8, 4) is 0 Å². The van der Waals surface area contributed by atoms with Gasteiger partial charge in [-0.2, -0.15) is 0 Å². The van der Waals surface area contributed by atoms with Gasteiger partial charge in [0.25, 0.3) is 23.4 Å². The van der Waals surface area contributed by atoms with Crippen LogP contribution in [0.25, 0.3) is 0 Å². The van der Waals surface area contributed by atoms with Crippen LogP contribution in [0.1, 0.15) is 272 Å². The topological polar surface area (TPSA) is 284 Å². The minimum atomic E-state index is -2.45. The second-order valence-electron chi connectivity index (χ2n) is 38.9. The maximum absolute atomic E-state index is 14.5. The molecule has 8 rings (SSSR count). The lowest BCUT2D eigenvalue weighted by atomic mass is 9.67. The number of cyclic esters (lactones) is 2. The molecule has 5 heterocycles. The van der Waals surface area contributed by atoms with Crippen LogP contribution in [-0.4, -0.2) is 207 Å². The zero-order chi connectivity index (χ0) is 89.7. The number of carbonyl (C=O) groups excluding carboxylic acids is 9. The Labute approximate surface area is 726 Å². The van der Waals surface area contributed by atoms with Gasteiger partial charge in [0, 0.05) is 104 Å². The molecule has 3 saturated heterocycles. The Kier molecular flexibility index (Phi) is 40.4. The average molecular weight is 1700 g/mol. The Morgan fingerprint density at radius 2 is 1.17 bits per heavy atom. The summed E-state index contributed by atoms with van der Waals surface area (Å²) >= 11 is 0. The van der Waals surface area contributed by atoms with Gasteiger partial charge in [0.15, 0.2) is 5.78 Å². The summed E-state index contributed by atoms with van der Waals surface area (Å²) in [7, 11) is 9.85. The third-order valence-corrected chi connectivity index (χ3v) is 29.6. The number of piperidine rings is 2. The number of methoxy groups -OCH3 is 6. The number of nitrogens with zero attached hydrogens (tertiary/aromatic N) is 2. The summed E-state index contributed by atoms with van der Waals surface area (Å²) in [6.07, 6.45) is 27.1. The smallest absolute Gasteiger partial charge is 0.329 e. The molecule has 121 heavy (non-hydrogen) atoms. The molecule has 2 N–H and O–H groups in total. The number of hydrogen-bond donors (Lipinski definition) is 2. The van der Waals surface area contributed by atoms with Gasteiger partial charge in [-0.1, -0.05) is 150 Å². The molecular weight excluding hydrogens is 1540 g/mol. The molecule has 0 radical (unpaired) electrons. The fraction of sp³-hybridized carbons (Fsp3) is 0.788. The van der Waals surface area contributed by atoms with Gasteiger partial charge in [0.1, 0.15) is 53.7 Å². The van der Waals surface area contributed by atoms with Crippen molar-refractivity contribution in [3.05, 3.63) is 70.9 Å². The number of rotatable bonds is 12. The molecular formula is C99H158N2O20. The number of ether oxygens (including phenoxy) is 9. The fourth-order valence-corrected chi connectivity index (χ4v) is 21.0. The lowest BCUT2D eigenvalue weighted by Gasteiger charge is -2.47. The van der Waals surface area contributed by atoms with Gasteiger partial charge in [-0.15, -0.1) is 0 Å². The van der Waals surface area contributed by atoms with Crippen LogP contribution in [0.3, 0.4) is 0 Å². The van der Waals surface area contributed by atoms with Crippen LogP contribution >= 0.6 is 0 Å². The minimum Gasteiger partial charge on any atom is -0.460 e. The van der Waals surface area contributed by atoms with E-state index in [1.54, 1.807) is 49.6 Å². The van der Waals surface area contributed by atoms with Gasteiger partial charge in [-0.3, -0.25) is 33.6 Å². The van der Waals surface area contributed by atoms with Crippen molar-refractivity contribution >= 4 is 52.7 Å². The molecule has 29 atom stereocenters. The highest BCUT2D eigenvalue weighted by molar-refractivity contribution is 6.40. The Bertz CT molecular complexity index is 3630. The van der Waals surface area contributed by atoms with Crippen molar-refractivity contribution < 1.29 is 96.0 Å². The number of aliphatic hydroxyl groups is 2. The molecule has 4 bridgehead atoms. The van der Waals surface area contributed by atoms with E-state index in [9.17, 15) is 53.4 Å². The molecule has 684 valence electrons. The Morgan fingerprint density at radius 1 is 0.579 bits per heavy atom. The first-order valence-corrected chi connectivity index (χ1v) is 46.3. The number of amides is 2. The molecule has 2 amide bonds. The quantitative estimate of drug-likeness (QED) is 0.104. The lowest BCUT2D eigenvalue weighted by molar-refractivity contribution is -0.302. The van der Waals surface area contributed by atoms with Crippen molar-refractivity contribution in [1.29, 1.82) is 0 Å². The predicted octanol–water partition coefficient (Wildman–Crippen LogP) is 16.4. The van der Waals surface area contributed by atoms with E-state index in [4.69, 9.17) is 42.6 Å². The fourth-order valence-electron chi connectivity index (χ4n) is 21.0. The first kappa shape index (κ1) is 102. The molecule has 22 nitrogen and oxygen atoms in total. The third-order valence-electron chi connectivity index (χ3n) is 29.6. The van der Waals surface area contributed by atoms with Gasteiger partial charge in [0.2, 0.25) is 5.79 Å². The molecule has 3 unspecified atom stereocenters. The number of carbonyl (C=O) groups is 9. The second-order valence-corrected chi connectivity index (χ2v) is 38.9. The number of hydrogen-bond acceptors (Lipinski definition) is 20. The maximum Gasteiger partial charge on any atom is 0.329 e. The summed E-state index contributed by atoms with van der Waals surface area (Å²) in [5.41, 5.74) is 1.97. The van der Waals surface area contributed by atoms with E-state index in [-0.39, 0.29) is 127 Å². The van der Waals surface area contributed by atoms with Crippen molar-refractivity contribution in [1.82, 2.24) is 9.80 Å². The lowest BCUT2D eigenvalue weighted by Crippen LogP contribution is -2.64. The van der Waals surface area contributed by atoms with Crippen LogP contribution in [0.15, 0.2) is 70.9 Å². The molecule has 0 aromatic rings. The molecule has 6 fully saturated rings. The molecule has 0 spiro atoms. The molecule has 0 aromatic heterocycles. The van der Waals surface area contributed by atoms with E-state index in [2.05, 4.69) is 45.9 Å². The van der Waals surface area contributed by atoms with E-state index >= 15 is 0 Å². The van der Waals surface area contributed by atoms with Gasteiger partial charge < -0.3 is 62.6 Å². The van der Waals surface area contributed by atoms with E-state index < -0.39 is 113 Å². The standard InChI is InChI=1S/C54H85NO10.C45H73NO10/c1-33-18-14-13-15-19-34(2)47(63-11)30-43-24-22-40(8)54(61,32-43)51(58)52(59)55-25-17-16-20-44(55)53(60)65-48(38(6)28-42-23-21-35(3)46(29-42)62-10)31-45(56)37(5)27-36(4)41(9)50(64-12)49(57)39(7)26-33;1-12-34-20-26(2)19-27(3)21-38(53-10)41-39(54-11)24-31(7)45(51,56-41)42(48)43(49)46-18-14-13-15-35(46)44(50)55-40(32(8)29(5)23-36(34)47)30(6)22-33-17-16-28(4)37(25-33)52-9/h13-15,18-19,27,33,35,37-44,46-48,50,61H,16-17,20-26,28-32H2,1-12H3;20,22,27-29,31-35,37-41,51H,12-19,21,23-25H2,1-11H3/b15-13+,18-14+,34-19+,36-27+;26-20+,30-22+/t33-,35+,37-,38-,39-,40-,41-,42+,43+,44+,46?,47+,48+,50?,54+;27-,28+,29-,31+,32+,33-,34-,35-,37+,38+,39-,40+,41?,45+/m10/s1. The van der Waals surface area contributed by atoms with Crippen LogP contribution < -0.4 is 0 Å². The normalized spacial score (nSPS) is 41.0. The summed E-state index contributed by atoms with van der Waals surface area (Å²) in [6.45, 7) is 34.3. The Morgan fingerprint density at radius 3 is 1.78 bits per heavy atom. The van der Waals surface area contributed by atoms with Crippen LogP contribution in [0.5, 0.6) is 0 Å². The summed E-state index contributed by atoms with van der Waals surface area (Å²) in [5, 5.41) is 24.2. The van der Waals surface area contributed by atoms with E-state index in [0.29, 0.717) is 101 Å². The van der Waals surface area contributed by atoms with Crippen molar-refractivity contribution in [2.24, 2.45) is 94.7 Å². The van der Waals surface area contributed by atoms with Gasteiger partial charge >= 0.3 is 11.9 Å². The van der Waals surface area contributed by atoms with Crippen molar-refractivity contribution in [2.75, 3.05) is 55.7 Å². The van der Waals surface area contributed by atoms with E-state index in [1.165, 1.54) is 9.80 Å². The monoisotopic (exact) mass is 1700 g/mol. The minimum absolute atomic E-state index is 0.0204. The first-order valence-electron chi connectivity index (χ1n) is 46.3. The second kappa shape index (κ2) is 47.8. The molecule has 3 aliphatic carbocycles. The summed E-state index contributed by atoms with van der Waals surface area (Å²) in [6, 6.07) is -2.03. The van der Waals surface area contributed by atoms with Gasteiger partial charge in [-0.25, -0.2) is 9.59 Å². The number of esters is 2. The predicted molar refractivity (Wildman–Crippen MR) is 469 cm³/mol. The Hall–Kier alpha value is -5.69. The number of Topliss-reactive ketones (excluding diaryl/α,β-unsaturated/α-hetero) is 5. The third kappa shape index (κ3) is 26.9. The van der Waals surface area contributed by atoms with Crippen LogP contribution in [-0.2, 0) is 85.8 Å². The van der Waals surface area contributed by atoms with Crippen molar-refractivity contribution in [3.63, 3.8) is 0 Å². The maximum atomic E-state index is 14.5. The largest absolute Gasteiger partial charge is 0.460 e. The summed E-state index contributed by atoms with van der Waals surface area (Å²) in [4.78, 5) is 131. The SMILES string of the molecule is CC[C@H]1/C=C(\C)C[C@H](C)C[C@@H](OC)C2O[C@@](O)(C(=O)C(=O)N3CCCC[C@H]3C(=O)O[C@H](/C(C)=C/[C@@H]3CC[C@@H](C)[C@H](OC)C3)[C@H](C)[C@@H](C)CC1=O)[C@H](C)C[C@@H]2OC.COC1C(=O)[C@H](C)C[C@H](C)/C=C/C=C/C=C(\C)[C@@H](OC)C[C@@H]2CC[C@@H](C)[C@@](O)(C2)C(=O)C(=O)N2CCCC[C@H]2C(=O)O[C@H]([C@H](C)C[C@@H]2CC[C@H](C)C(OC)C2)CC(=O)[C@H](C)/C=C(\C)[C@H]1C. The highest BCUT2D eigenvalue weighted by Gasteiger charge is 2.58. The number of fused-ring (bicyclic) bond motifs is 6. The molecule has 8 aliphatic rings. The molecule has 3 saturated carbocycles. The van der Waals surface area contributed by atoms with E-state index in [1.807, 2.05) is 113 Å². The zero-order valence-electron chi connectivity index (χ0n) is 78.2. The molecule has 22 heteroatoms. The molecule has 5 aliphatic heterocycles. The Balaban J connectivity index is 0.000000337. The van der Waals surface area contributed by atoms with E-state index in [0.717, 1.165) is 73.7 Å². The van der Waals surface area contributed by atoms with Crippen LogP contribution in [0.2, 0.25) is 0 Å². The van der Waals surface area contributed by atoms with Gasteiger partial charge in [-0.05, 0) is 239 Å². The highest BCUT2D eigenvalue weighted by atomic mass is 16.7. The average Bonchev–Trinajstić information content (AvgIpc) is 0.804. The number of ketones is 5. The van der Waals surface area contributed by atoms with Gasteiger partial charge in [0.05, 0.1) is 30.5 Å². The highest BCUT2D eigenvalue weighted by Crippen LogP contribution is 2.45. The summed E-state index contributed by atoms with van der Waals surface area (Å²) in [5.74, 6) is -8.85. The molecule has 0 aromatic carbocycles. The first-order chi connectivity index (χ1) is 57.2. The number of allylic oxidation sites excluding steroid dienone is 9. The van der Waals surface area contributed by atoms with Crippen molar-refractivity contribution in [2.45, 2.75) is 350 Å². The summed E-state index contributed by atoms with van der Waals surface area (Å²) < 4.78 is 54.3.